The fourth-order valence-corrected chi connectivity index (χ4v) is 3.24. The van der Waals surface area contributed by atoms with Gasteiger partial charge in [0.05, 0.1) is 40.3 Å². The van der Waals surface area contributed by atoms with Gasteiger partial charge < -0.3 is 9.72 Å². The molecule has 0 amide bonds. The standard InChI is InChI=1S/C16H15N3O3S/c1-10-5-6-17-15(7-10)23(21)9-14-18-12-4-3-11(16(20)22-2)8-13(12)19-14/h3-8H,9H2,1-2H3,(H,18,19). The Labute approximate surface area is 135 Å². The number of hydrogen-bond donors (Lipinski definition) is 1. The van der Waals surface area contributed by atoms with Gasteiger partial charge in [-0.25, -0.2) is 14.8 Å². The molecule has 0 saturated carbocycles. The van der Waals surface area contributed by atoms with Crippen LogP contribution in [0.2, 0.25) is 0 Å². The van der Waals surface area contributed by atoms with E-state index in [0.717, 1.165) is 5.56 Å². The van der Waals surface area contributed by atoms with Crippen LogP contribution in [-0.4, -0.2) is 32.2 Å². The Bertz CT molecular complexity index is 904. The minimum atomic E-state index is -1.28. The molecule has 23 heavy (non-hydrogen) atoms. The van der Waals surface area contributed by atoms with Crippen LogP contribution in [0.4, 0.5) is 0 Å². The molecule has 0 saturated heterocycles. The van der Waals surface area contributed by atoms with Crippen LogP contribution in [0, 0.1) is 6.92 Å². The SMILES string of the molecule is COC(=O)c1ccc2nc(CS(=O)c3cc(C)ccn3)[nH]c2c1. The maximum Gasteiger partial charge on any atom is 0.337 e. The van der Waals surface area contributed by atoms with E-state index < -0.39 is 16.8 Å². The molecule has 7 heteroatoms. The van der Waals surface area contributed by atoms with E-state index in [9.17, 15) is 9.00 Å². The van der Waals surface area contributed by atoms with Crippen LogP contribution < -0.4 is 0 Å². The summed E-state index contributed by atoms with van der Waals surface area (Å²) in [6.45, 7) is 1.93. The molecule has 1 unspecified atom stereocenters. The van der Waals surface area contributed by atoms with E-state index in [1.807, 2.05) is 13.0 Å². The number of ether oxygens (including phenoxy) is 1. The third-order valence-electron chi connectivity index (χ3n) is 3.34. The van der Waals surface area contributed by atoms with Crippen molar-refractivity contribution < 1.29 is 13.7 Å². The zero-order valence-corrected chi connectivity index (χ0v) is 13.5. The summed E-state index contributed by atoms with van der Waals surface area (Å²) in [6.07, 6.45) is 1.64. The maximum atomic E-state index is 12.4. The summed E-state index contributed by atoms with van der Waals surface area (Å²) in [4.78, 5) is 23.2. The van der Waals surface area contributed by atoms with Crippen molar-refractivity contribution in [3.8, 4) is 0 Å². The summed E-state index contributed by atoms with van der Waals surface area (Å²) in [6, 6.07) is 8.71. The number of aromatic nitrogens is 3. The summed E-state index contributed by atoms with van der Waals surface area (Å²) in [7, 11) is 0.0526. The summed E-state index contributed by atoms with van der Waals surface area (Å²) < 4.78 is 17.1. The number of aromatic amines is 1. The van der Waals surface area contributed by atoms with Gasteiger partial charge in [0.1, 0.15) is 10.9 Å². The second-order valence-electron chi connectivity index (χ2n) is 5.07. The first-order valence-electron chi connectivity index (χ1n) is 6.95. The number of methoxy groups -OCH3 is 1. The highest BCUT2D eigenvalue weighted by molar-refractivity contribution is 7.84. The Morgan fingerprint density at radius 3 is 2.87 bits per heavy atom. The number of imidazole rings is 1. The molecular weight excluding hydrogens is 314 g/mol. The fraction of sp³-hybridized carbons (Fsp3) is 0.188. The zero-order valence-electron chi connectivity index (χ0n) is 12.7. The number of nitrogens with one attached hydrogen (secondary N) is 1. The molecule has 0 aliphatic heterocycles. The smallest absolute Gasteiger partial charge is 0.337 e. The maximum absolute atomic E-state index is 12.4. The number of rotatable bonds is 4. The van der Waals surface area contributed by atoms with E-state index in [-0.39, 0.29) is 5.75 Å². The Kier molecular flexibility index (Phi) is 4.20. The summed E-state index contributed by atoms with van der Waals surface area (Å²) in [5.74, 6) is 0.415. The van der Waals surface area contributed by atoms with E-state index in [4.69, 9.17) is 4.74 Å². The van der Waals surface area contributed by atoms with Crippen LogP contribution >= 0.6 is 0 Å². The third kappa shape index (κ3) is 3.29. The second-order valence-corrected chi connectivity index (χ2v) is 6.47. The predicted molar refractivity (Wildman–Crippen MR) is 86.5 cm³/mol. The van der Waals surface area contributed by atoms with Crippen LogP contribution in [0.3, 0.4) is 0 Å². The lowest BCUT2D eigenvalue weighted by molar-refractivity contribution is 0.0601. The third-order valence-corrected chi connectivity index (χ3v) is 4.57. The van der Waals surface area contributed by atoms with Crippen molar-refractivity contribution in [3.63, 3.8) is 0 Å². The van der Waals surface area contributed by atoms with Gasteiger partial charge in [-0.15, -0.1) is 0 Å². The van der Waals surface area contributed by atoms with Gasteiger partial charge in [0, 0.05) is 6.20 Å². The highest BCUT2D eigenvalue weighted by atomic mass is 32.2. The van der Waals surface area contributed by atoms with E-state index in [0.29, 0.717) is 27.4 Å². The van der Waals surface area contributed by atoms with E-state index in [2.05, 4.69) is 15.0 Å². The molecule has 0 spiro atoms. The molecule has 1 N–H and O–H groups in total. The molecule has 118 valence electrons. The number of carbonyl (C=O) groups excluding carboxylic acids is 1. The average Bonchev–Trinajstić information content (AvgIpc) is 2.95. The van der Waals surface area contributed by atoms with E-state index in [1.165, 1.54) is 7.11 Å². The normalized spacial score (nSPS) is 12.3. The van der Waals surface area contributed by atoms with Gasteiger partial charge in [0.2, 0.25) is 0 Å². The highest BCUT2D eigenvalue weighted by Gasteiger charge is 2.12. The second kappa shape index (κ2) is 6.29. The van der Waals surface area contributed by atoms with Crippen molar-refractivity contribution in [3.05, 3.63) is 53.5 Å². The van der Waals surface area contributed by atoms with Gasteiger partial charge in [-0.05, 0) is 42.8 Å². The Morgan fingerprint density at radius 1 is 1.30 bits per heavy atom. The van der Waals surface area contributed by atoms with Crippen LogP contribution in [0.1, 0.15) is 21.7 Å². The van der Waals surface area contributed by atoms with Crippen molar-refractivity contribution >= 4 is 27.8 Å². The minimum Gasteiger partial charge on any atom is -0.465 e. The van der Waals surface area contributed by atoms with E-state index in [1.54, 1.807) is 30.5 Å². The first kappa shape index (κ1) is 15.4. The summed E-state index contributed by atoms with van der Waals surface area (Å²) >= 11 is 0. The monoisotopic (exact) mass is 329 g/mol. The van der Waals surface area contributed by atoms with Crippen molar-refractivity contribution in [1.29, 1.82) is 0 Å². The number of H-pyrrole nitrogens is 1. The number of benzene rings is 1. The molecule has 0 fully saturated rings. The molecule has 0 bridgehead atoms. The summed E-state index contributed by atoms with van der Waals surface area (Å²) in [5, 5.41) is 0.528. The average molecular weight is 329 g/mol. The predicted octanol–water partition coefficient (Wildman–Crippen LogP) is 2.36. The molecule has 1 aromatic carbocycles. The molecule has 0 aliphatic rings. The fourth-order valence-electron chi connectivity index (χ4n) is 2.21. The Balaban J connectivity index is 1.86. The van der Waals surface area contributed by atoms with Crippen molar-refractivity contribution in [2.75, 3.05) is 7.11 Å². The molecule has 3 rings (SSSR count). The topological polar surface area (TPSA) is 84.9 Å². The highest BCUT2D eigenvalue weighted by Crippen LogP contribution is 2.17. The van der Waals surface area contributed by atoms with Gasteiger partial charge in [0.15, 0.2) is 0 Å². The van der Waals surface area contributed by atoms with Crippen LogP contribution in [-0.2, 0) is 21.3 Å². The Morgan fingerprint density at radius 2 is 2.13 bits per heavy atom. The summed E-state index contributed by atoms with van der Waals surface area (Å²) in [5.41, 5.74) is 2.87. The lowest BCUT2D eigenvalue weighted by atomic mass is 10.2. The number of pyridine rings is 1. The molecule has 1 atom stereocenters. The Hall–Kier alpha value is -2.54. The molecule has 0 radical (unpaired) electrons. The molecule has 2 aromatic heterocycles. The first-order chi connectivity index (χ1) is 11.1. The zero-order chi connectivity index (χ0) is 16.4. The minimum absolute atomic E-state index is 0.235. The number of aryl methyl sites for hydroxylation is 1. The molecular formula is C16H15N3O3S. The van der Waals surface area contributed by atoms with Gasteiger partial charge in [-0.2, -0.15) is 0 Å². The number of carbonyl (C=O) groups is 1. The van der Waals surface area contributed by atoms with Gasteiger partial charge >= 0.3 is 5.97 Å². The molecule has 6 nitrogen and oxygen atoms in total. The molecule has 0 aliphatic carbocycles. The number of esters is 1. The van der Waals surface area contributed by atoms with Gasteiger partial charge in [-0.3, -0.25) is 4.21 Å². The van der Waals surface area contributed by atoms with Crippen LogP contribution in [0.5, 0.6) is 0 Å². The molecule has 2 heterocycles. The van der Waals surface area contributed by atoms with Gasteiger partial charge in [0.25, 0.3) is 0 Å². The molecule has 3 aromatic rings. The van der Waals surface area contributed by atoms with Crippen LogP contribution in [0.25, 0.3) is 11.0 Å². The number of hydrogen-bond acceptors (Lipinski definition) is 5. The lowest BCUT2D eigenvalue weighted by Crippen LogP contribution is -2.01. The number of nitrogens with zero attached hydrogens (tertiary/aromatic N) is 2. The lowest BCUT2D eigenvalue weighted by Gasteiger charge is -2.00. The van der Waals surface area contributed by atoms with Crippen molar-refractivity contribution in [2.24, 2.45) is 0 Å². The first-order valence-corrected chi connectivity index (χ1v) is 8.26. The van der Waals surface area contributed by atoms with Gasteiger partial charge in [-0.1, -0.05) is 0 Å². The van der Waals surface area contributed by atoms with Crippen LogP contribution in [0.15, 0.2) is 41.6 Å². The van der Waals surface area contributed by atoms with Crippen molar-refractivity contribution in [1.82, 2.24) is 15.0 Å². The largest absolute Gasteiger partial charge is 0.465 e. The number of fused-ring (bicyclic) bond motifs is 1. The van der Waals surface area contributed by atoms with Crippen molar-refractivity contribution in [2.45, 2.75) is 17.7 Å². The quantitative estimate of drug-likeness (QED) is 0.743. The van der Waals surface area contributed by atoms with E-state index >= 15 is 0 Å².